The normalized spacial score (nSPS) is 25.5. The molecule has 32 heavy (non-hydrogen) atoms. The summed E-state index contributed by atoms with van der Waals surface area (Å²) in [7, 11) is 1.66. The fourth-order valence-corrected chi connectivity index (χ4v) is 4.68. The lowest BCUT2D eigenvalue weighted by atomic mass is 9.78. The largest absolute Gasteiger partial charge is 0.390 e. The van der Waals surface area contributed by atoms with Gasteiger partial charge in [-0.05, 0) is 63.3 Å². The van der Waals surface area contributed by atoms with Crippen molar-refractivity contribution >= 4 is 17.9 Å². The highest BCUT2D eigenvalue weighted by atomic mass is 19.1. The third-order valence-electron chi connectivity index (χ3n) is 6.71. The van der Waals surface area contributed by atoms with Crippen molar-refractivity contribution in [3.63, 3.8) is 0 Å². The van der Waals surface area contributed by atoms with Crippen LogP contribution in [0.25, 0.3) is 5.70 Å². The number of carbonyl (C=O) groups excluding carboxylic acids is 2. The van der Waals surface area contributed by atoms with Gasteiger partial charge < -0.3 is 20.5 Å². The van der Waals surface area contributed by atoms with E-state index in [0.29, 0.717) is 30.4 Å². The summed E-state index contributed by atoms with van der Waals surface area (Å²) in [5.41, 5.74) is 0.595. The van der Waals surface area contributed by atoms with Crippen molar-refractivity contribution in [1.82, 2.24) is 15.5 Å². The van der Waals surface area contributed by atoms with Crippen LogP contribution in [0, 0.1) is 12.7 Å². The van der Waals surface area contributed by atoms with E-state index in [2.05, 4.69) is 22.1 Å². The molecular weight excluding hydrogens is 409 g/mol. The minimum Gasteiger partial charge on any atom is -0.390 e. The SMILES string of the molecule is C=C(/C=C(\NC)c1ccc(C)cc1F)C(=O)NC1(CC=O)CN(C2CCC(C)(O)CC2)C1. The number of amides is 1. The molecule has 174 valence electrons. The Morgan fingerprint density at radius 2 is 2.00 bits per heavy atom. The number of aliphatic hydroxyl groups is 1. The van der Waals surface area contributed by atoms with Crippen LogP contribution >= 0.6 is 0 Å². The third kappa shape index (κ3) is 5.45. The Balaban J connectivity index is 1.65. The maximum Gasteiger partial charge on any atom is 0.251 e. The third-order valence-corrected chi connectivity index (χ3v) is 6.71. The van der Waals surface area contributed by atoms with Gasteiger partial charge in [-0.15, -0.1) is 0 Å². The number of hydrogen-bond acceptors (Lipinski definition) is 5. The number of benzene rings is 1. The summed E-state index contributed by atoms with van der Waals surface area (Å²) in [4.78, 5) is 26.5. The second-order valence-corrected chi connectivity index (χ2v) is 9.55. The summed E-state index contributed by atoms with van der Waals surface area (Å²) < 4.78 is 14.4. The van der Waals surface area contributed by atoms with Gasteiger partial charge in [-0.3, -0.25) is 9.69 Å². The van der Waals surface area contributed by atoms with Crippen molar-refractivity contribution in [3.05, 3.63) is 53.4 Å². The highest BCUT2D eigenvalue weighted by Crippen LogP contribution is 2.35. The molecule has 1 aliphatic heterocycles. The number of aryl methyl sites for hydroxylation is 1. The van der Waals surface area contributed by atoms with Gasteiger partial charge in [-0.25, -0.2) is 4.39 Å². The van der Waals surface area contributed by atoms with E-state index in [1.807, 2.05) is 13.8 Å². The maximum absolute atomic E-state index is 14.4. The van der Waals surface area contributed by atoms with Crippen LogP contribution in [0.4, 0.5) is 4.39 Å². The van der Waals surface area contributed by atoms with E-state index in [0.717, 1.165) is 37.5 Å². The molecule has 3 N–H and O–H groups in total. The van der Waals surface area contributed by atoms with Gasteiger partial charge in [0.2, 0.25) is 0 Å². The Morgan fingerprint density at radius 3 is 2.56 bits per heavy atom. The lowest BCUT2D eigenvalue weighted by molar-refractivity contribution is -0.124. The molecule has 1 amide bonds. The summed E-state index contributed by atoms with van der Waals surface area (Å²) in [5.74, 6) is -0.754. The first-order valence-electron chi connectivity index (χ1n) is 11.2. The van der Waals surface area contributed by atoms with E-state index in [4.69, 9.17) is 0 Å². The Labute approximate surface area is 189 Å². The van der Waals surface area contributed by atoms with E-state index in [1.165, 1.54) is 12.1 Å². The molecule has 6 nitrogen and oxygen atoms in total. The molecule has 1 saturated carbocycles. The molecule has 1 aromatic rings. The van der Waals surface area contributed by atoms with Crippen LogP contribution in [0.3, 0.4) is 0 Å². The molecule has 1 aliphatic carbocycles. The first-order chi connectivity index (χ1) is 15.1. The van der Waals surface area contributed by atoms with E-state index < -0.39 is 11.1 Å². The Bertz CT molecular complexity index is 909. The summed E-state index contributed by atoms with van der Waals surface area (Å²) in [5, 5.41) is 16.1. The molecule has 0 radical (unpaired) electrons. The van der Waals surface area contributed by atoms with Gasteiger partial charge in [-0.1, -0.05) is 12.6 Å². The Kier molecular flexibility index (Phi) is 7.20. The predicted molar refractivity (Wildman–Crippen MR) is 123 cm³/mol. The number of carbonyl (C=O) groups is 2. The fourth-order valence-electron chi connectivity index (χ4n) is 4.68. The first-order valence-corrected chi connectivity index (χ1v) is 11.2. The fraction of sp³-hybridized carbons (Fsp3) is 0.520. The molecule has 1 heterocycles. The van der Waals surface area contributed by atoms with Crippen LogP contribution in [-0.4, -0.2) is 59.5 Å². The lowest BCUT2D eigenvalue weighted by Crippen LogP contribution is -2.72. The minimum atomic E-state index is -0.621. The Hall–Kier alpha value is -2.51. The van der Waals surface area contributed by atoms with E-state index in [9.17, 15) is 19.1 Å². The first kappa shape index (κ1) is 24.1. The van der Waals surface area contributed by atoms with E-state index in [-0.39, 0.29) is 23.7 Å². The number of rotatable bonds is 8. The second kappa shape index (κ2) is 9.55. The lowest BCUT2D eigenvalue weighted by Gasteiger charge is -2.54. The van der Waals surface area contributed by atoms with Crippen molar-refractivity contribution < 1.29 is 19.1 Å². The average molecular weight is 444 g/mol. The molecule has 1 saturated heterocycles. The molecule has 0 unspecified atom stereocenters. The van der Waals surface area contributed by atoms with Crippen molar-refractivity contribution in [2.45, 2.75) is 63.1 Å². The van der Waals surface area contributed by atoms with Gasteiger partial charge in [0.05, 0.1) is 11.1 Å². The van der Waals surface area contributed by atoms with Crippen molar-refractivity contribution in [2.24, 2.45) is 0 Å². The maximum atomic E-state index is 14.4. The molecule has 0 spiro atoms. The molecule has 1 aromatic carbocycles. The zero-order chi connectivity index (χ0) is 23.5. The van der Waals surface area contributed by atoms with E-state index >= 15 is 0 Å². The molecule has 0 aromatic heterocycles. The molecule has 0 atom stereocenters. The van der Waals surface area contributed by atoms with Gasteiger partial charge in [0.15, 0.2) is 0 Å². The van der Waals surface area contributed by atoms with Gasteiger partial charge in [0.1, 0.15) is 12.1 Å². The van der Waals surface area contributed by atoms with E-state index in [1.54, 1.807) is 19.2 Å². The zero-order valence-electron chi connectivity index (χ0n) is 19.2. The van der Waals surface area contributed by atoms with Crippen LogP contribution in [-0.2, 0) is 9.59 Å². The number of halogens is 1. The molecule has 7 heteroatoms. The van der Waals surface area contributed by atoms with Crippen molar-refractivity contribution in [2.75, 3.05) is 20.1 Å². The number of nitrogens with zero attached hydrogens (tertiary/aromatic N) is 1. The van der Waals surface area contributed by atoms with Crippen LogP contribution < -0.4 is 10.6 Å². The highest BCUT2D eigenvalue weighted by Gasteiger charge is 2.47. The number of likely N-dealkylation sites (tertiary alicyclic amines) is 1. The average Bonchev–Trinajstić information content (AvgIpc) is 2.70. The number of hydrogen-bond donors (Lipinski definition) is 3. The van der Waals surface area contributed by atoms with Crippen molar-refractivity contribution in [3.8, 4) is 0 Å². The number of nitrogens with one attached hydrogen (secondary N) is 2. The van der Waals surface area contributed by atoms with Crippen LogP contribution in [0.2, 0.25) is 0 Å². The van der Waals surface area contributed by atoms with Crippen LogP contribution in [0.5, 0.6) is 0 Å². The minimum absolute atomic E-state index is 0.187. The molecular formula is C25H34FN3O3. The van der Waals surface area contributed by atoms with Crippen LogP contribution in [0.15, 0.2) is 36.4 Å². The highest BCUT2D eigenvalue weighted by molar-refractivity contribution is 5.98. The van der Waals surface area contributed by atoms with Gasteiger partial charge in [0, 0.05) is 49.4 Å². The Morgan fingerprint density at radius 1 is 1.34 bits per heavy atom. The monoisotopic (exact) mass is 443 g/mol. The number of aldehydes is 1. The summed E-state index contributed by atoms with van der Waals surface area (Å²) >= 11 is 0. The molecule has 3 rings (SSSR count). The molecule has 0 bridgehead atoms. The van der Waals surface area contributed by atoms with Gasteiger partial charge in [0.25, 0.3) is 5.91 Å². The van der Waals surface area contributed by atoms with Crippen molar-refractivity contribution in [1.29, 1.82) is 0 Å². The summed E-state index contributed by atoms with van der Waals surface area (Å²) in [6.07, 6.45) is 5.90. The van der Waals surface area contributed by atoms with Gasteiger partial charge >= 0.3 is 0 Å². The predicted octanol–water partition coefficient (Wildman–Crippen LogP) is 2.70. The standard InChI is InChI=1S/C25H34FN3O3/c1-17-5-6-20(21(26)13-17)22(27-4)14-18(2)23(31)28-25(11-12-30)15-29(16-25)19-7-9-24(3,32)10-8-19/h5-6,12-14,19,27,32H,2,7-11,15-16H2,1,3-4H3,(H,28,31)/b22-14-. The molecule has 2 fully saturated rings. The second-order valence-electron chi connectivity index (χ2n) is 9.55. The molecule has 2 aliphatic rings. The topological polar surface area (TPSA) is 81.7 Å². The summed E-state index contributed by atoms with van der Waals surface area (Å²) in [6, 6.07) is 5.27. The van der Waals surface area contributed by atoms with Crippen LogP contribution in [0.1, 0.15) is 50.2 Å². The summed E-state index contributed by atoms with van der Waals surface area (Å²) in [6.45, 7) is 8.73. The zero-order valence-corrected chi connectivity index (χ0v) is 19.2. The van der Waals surface area contributed by atoms with Gasteiger partial charge in [-0.2, -0.15) is 0 Å². The quantitative estimate of drug-likeness (QED) is 0.327. The smallest absolute Gasteiger partial charge is 0.251 e.